The molecule has 0 aliphatic rings. The van der Waals surface area contributed by atoms with Gasteiger partial charge in [0.2, 0.25) is 0 Å². The Morgan fingerprint density at radius 2 is 0.849 bits per heavy atom. The van der Waals surface area contributed by atoms with Crippen LogP contribution in [0.2, 0.25) is 0 Å². The van der Waals surface area contributed by atoms with E-state index in [4.69, 9.17) is 0 Å². The third kappa shape index (κ3) is 5.59. The standard InChI is InChI=1S/C50H34N2Se/c1-4-14-35(15-5-1)36-26-30-40(31-27-36)51(38-16-6-2-7-17-38)41-20-12-21-42(34-41)52(39-18-8-3-9-19-39)47-24-13-23-45-43(47)32-28-37-29-33-46-44-22-10-11-25-48(44)53-50(46)49(37)45/h1-34H. The van der Waals surface area contributed by atoms with E-state index in [1.54, 1.807) is 0 Å². The third-order valence-corrected chi connectivity index (χ3v) is 12.7. The van der Waals surface area contributed by atoms with Crippen LogP contribution in [-0.4, -0.2) is 14.5 Å². The van der Waals surface area contributed by atoms with Gasteiger partial charge in [-0.2, -0.15) is 0 Å². The van der Waals surface area contributed by atoms with Gasteiger partial charge in [0, 0.05) is 0 Å². The van der Waals surface area contributed by atoms with Crippen LogP contribution in [0.15, 0.2) is 206 Å². The summed E-state index contributed by atoms with van der Waals surface area (Å²) in [4.78, 5) is 4.77. The minimum Gasteiger partial charge on any atom is -0.0617 e. The average Bonchev–Trinajstić information content (AvgIpc) is 3.62. The molecule has 0 spiro atoms. The second-order valence-corrected chi connectivity index (χ2v) is 15.6. The quantitative estimate of drug-likeness (QED) is 0.119. The van der Waals surface area contributed by atoms with Crippen molar-refractivity contribution in [2.75, 3.05) is 9.80 Å². The Balaban J connectivity index is 1.15. The van der Waals surface area contributed by atoms with E-state index in [0.29, 0.717) is 0 Å². The summed E-state index contributed by atoms with van der Waals surface area (Å²) >= 11 is 0.253. The number of rotatable bonds is 7. The van der Waals surface area contributed by atoms with Crippen molar-refractivity contribution in [1.82, 2.24) is 0 Å². The van der Waals surface area contributed by atoms with Crippen molar-refractivity contribution in [2.24, 2.45) is 0 Å². The van der Waals surface area contributed by atoms with Gasteiger partial charge in [-0.1, -0.05) is 60.7 Å². The first kappa shape index (κ1) is 31.4. The van der Waals surface area contributed by atoms with Crippen LogP contribution in [-0.2, 0) is 0 Å². The SMILES string of the molecule is c1ccc(-c2ccc(N(c3ccccc3)c3cccc(N(c4ccccc4)c4cccc5c4ccc4ccc6c7ccccc7[se]c6c45)c3)cc2)cc1. The normalized spacial score (nSPS) is 11.4. The van der Waals surface area contributed by atoms with Crippen molar-refractivity contribution in [3.8, 4) is 11.1 Å². The number of hydrogen-bond donors (Lipinski definition) is 0. The summed E-state index contributed by atoms with van der Waals surface area (Å²) in [5.41, 5.74) is 9.08. The van der Waals surface area contributed by atoms with Crippen molar-refractivity contribution < 1.29 is 0 Å². The maximum absolute atomic E-state index is 2.42. The Labute approximate surface area is 315 Å². The summed E-state index contributed by atoms with van der Waals surface area (Å²) in [7, 11) is 0. The van der Waals surface area contributed by atoms with Crippen molar-refractivity contribution in [2.45, 2.75) is 0 Å². The van der Waals surface area contributed by atoms with Gasteiger partial charge in [-0.05, 0) is 11.1 Å². The zero-order chi connectivity index (χ0) is 35.1. The molecule has 0 unspecified atom stereocenters. The van der Waals surface area contributed by atoms with Gasteiger partial charge in [0.05, 0.1) is 0 Å². The van der Waals surface area contributed by atoms with Crippen LogP contribution in [0.25, 0.3) is 52.0 Å². The topological polar surface area (TPSA) is 6.48 Å². The van der Waals surface area contributed by atoms with Crippen molar-refractivity contribution in [1.29, 1.82) is 0 Å². The van der Waals surface area contributed by atoms with Gasteiger partial charge >= 0.3 is 245 Å². The van der Waals surface area contributed by atoms with Gasteiger partial charge in [-0.25, -0.2) is 0 Å². The van der Waals surface area contributed by atoms with Gasteiger partial charge in [0.1, 0.15) is 0 Å². The molecule has 0 N–H and O–H groups in total. The van der Waals surface area contributed by atoms with E-state index >= 15 is 0 Å². The minimum absolute atomic E-state index is 0.253. The molecule has 0 saturated heterocycles. The fourth-order valence-corrected chi connectivity index (χ4v) is 10.4. The van der Waals surface area contributed by atoms with Gasteiger partial charge in [0.15, 0.2) is 0 Å². The average molecular weight is 742 g/mol. The molecule has 0 saturated carbocycles. The zero-order valence-corrected chi connectivity index (χ0v) is 30.6. The molecule has 0 amide bonds. The first-order chi connectivity index (χ1) is 26.3. The predicted molar refractivity (Wildman–Crippen MR) is 228 cm³/mol. The Bertz CT molecular complexity index is 2880. The van der Waals surface area contributed by atoms with Gasteiger partial charge in [0.25, 0.3) is 0 Å². The molecule has 1 aromatic heterocycles. The molecule has 0 atom stereocenters. The molecule has 0 radical (unpaired) electrons. The number of para-hydroxylation sites is 2. The van der Waals surface area contributed by atoms with E-state index in [2.05, 4.69) is 216 Å². The maximum atomic E-state index is 2.42. The summed E-state index contributed by atoms with van der Waals surface area (Å²) in [5.74, 6) is 0. The summed E-state index contributed by atoms with van der Waals surface area (Å²) < 4.78 is 2.96. The number of fused-ring (bicyclic) bond motifs is 7. The molecule has 2 nitrogen and oxygen atoms in total. The molecule has 10 aromatic rings. The fraction of sp³-hybridized carbons (Fsp3) is 0. The Morgan fingerprint density at radius 1 is 0.321 bits per heavy atom. The molecule has 0 fully saturated rings. The molecule has 0 aliphatic carbocycles. The fourth-order valence-electron chi connectivity index (χ4n) is 7.77. The van der Waals surface area contributed by atoms with Gasteiger partial charge in [-0.3, -0.25) is 0 Å². The molecule has 53 heavy (non-hydrogen) atoms. The minimum atomic E-state index is 0.253. The van der Waals surface area contributed by atoms with Gasteiger partial charge < -0.3 is 0 Å². The van der Waals surface area contributed by atoms with E-state index < -0.39 is 0 Å². The number of nitrogens with zero attached hydrogens (tertiary/aromatic N) is 2. The van der Waals surface area contributed by atoms with Crippen LogP contribution >= 0.6 is 0 Å². The summed E-state index contributed by atoms with van der Waals surface area (Å²) in [6, 6.07) is 74.9. The Hall–Kier alpha value is -6.38. The Kier molecular flexibility index (Phi) is 7.87. The molecular weight excluding hydrogens is 708 g/mol. The van der Waals surface area contributed by atoms with E-state index in [9.17, 15) is 0 Å². The van der Waals surface area contributed by atoms with Crippen LogP contribution in [0.5, 0.6) is 0 Å². The monoisotopic (exact) mass is 742 g/mol. The molecule has 250 valence electrons. The van der Waals surface area contributed by atoms with Crippen molar-refractivity contribution in [3.63, 3.8) is 0 Å². The van der Waals surface area contributed by atoms with Crippen LogP contribution in [0.4, 0.5) is 34.1 Å². The smallest absolute Gasteiger partial charge is 0.0617 e. The first-order valence-corrected chi connectivity index (χ1v) is 19.7. The first-order valence-electron chi connectivity index (χ1n) is 18.0. The zero-order valence-electron chi connectivity index (χ0n) is 28.9. The van der Waals surface area contributed by atoms with E-state index in [1.165, 1.54) is 52.0 Å². The second kappa shape index (κ2) is 13.3. The summed E-state index contributed by atoms with van der Waals surface area (Å²) in [5, 5.41) is 8.00. The third-order valence-electron chi connectivity index (χ3n) is 10.2. The van der Waals surface area contributed by atoms with Crippen LogP contribution in [0.3, 0.4) is 0 Å². The van der Waals surface area contributed by atoms with E-state index in [0.717, 1.165) is 34.1 Å². The number of benzene rings is 9. The van der Waals surface area contributed by atoms with Crippen molar-refractivity contribution >= 4 is 89.5 Å². The van der Waals surface area contributed by atoms with Crippen molar-refractivity contribution in [3.05, 3.63) is 206 Å². The predicted octanol–water partition coefficient (Wildman–Crippen LogP) is 14.0. The summed E-state index contributed by atoms with van der Waals surface area (Å²) in [6.07, 6.45) is 0. The van der Waals surface area contributed by atoms with Crippen LogP contribution < -0.4 is 9.80 Å². The molecule has 9 aromatic carbocycles. The molecule has 1 heterocycles. The number of anilines is 6. The number of hydrogen-bond acceptors (Lipinski definition) is 2. The Morgan fingerprint density at radius 3 is 1.58 bits per heavy atom. The molecule has 0 bridgehead atoms. The van der Waals surface area contributed by atoms with Gasteiger partial charge in [-0.15, -0.1) is 0 Å². The van der Waals surface area contributed by atoms with E-state index in [1.807, 2.05) is 0 Å². The molecule has 0 aliphatic heterocycles. The van der Waals surface area contributed by atoms with Crippen LogP contribution in [0.1, 0.15) is 0 Å². The second-order valence-electron chi connectivity index (χ2n) is 13.4. The van der Waals surface area contributed by atoms with E-state index in [-0.39, 0.29) is 14.5 Å². The molecular formula is C50H34N2Se. The molecule has 3 heteroatoms. The molecule has 10 rings (SSSR count). The van der Waals surface area contributed by atoms with Crippen LogP contribution in [0, 0.1) is 0 Å². The summed E-state index contributed by atoms with van der Waals surface area (Å²) in [6.45, 7) is 0.